The lowest BCUT2D eigenvalue weighted by Crippen LogP contribution is -2.02. The number of aryl methyl sites for hydroxylation is 1. The fourth-order valence-corrected chi connectivity index (χ4v) is 2.80. The third kappa shape index (κ3) is 1.22. The van der Waals surface area contributed by atoms with Crippen molar-refractivity contribution in [2.75, 3.05) is 0 Å². The van der Waals surface area contributed by atoms with Gasteiger partial charge in [-0.25, -0.2) is 4.98 Å². The molecule has 0 aromatic carbocycles. The van der Waals surface area contributed by atoms with Gasteiger partial charge in [-0.3, -0.25) is 4.40 Å². The first-order valence-corrected chi connectivity index (χ1v) is 5.88. The summed E-state index contributed by atoms with van der Waals surface area (Å²) in [5.41, 5.74) is 8.81. The number of aromatic nitrogens is 2. The zero-order valence-corrected chi connectivity index (χ0v) is 9.62. The molecule has 0 radical (unpaired) electrons. The molecule has 0 saturated carbocycles. The van der Waals surface area contributed by atoms with Gasteiger partial charge in [0.2, 0.25) is 0 Å². The van der Waals surface area contributed by atoms with Crippen LogP contribution in [0, 0.1) is 6.92 Å². The molecule has 0 aliphatic rings. The summed E-state index contributed by atoms with van der Waals surface area (Å²) in [6, 6.07) is 3.82. The van der Waals surface area contributed by atoms with E-state index in [0.717, 1.165) is 27.8 Å². The standard InChI is InChI=1S/C11H11N3OS/c1-7-8(5-12)14-9(6-16-11(14)13-7)10-3-2-4-15-10/h2-4,6H,5,12H2,1H3. The Morgan fingerprint density at radius 3 is 3.12 bits per heavy atom. The van der Waals surface area contributed by atoms with Crippen molar-refractivity contribution in [1.29, 1.82) is 0 Å². The summed E-state index contributed by atoms with van der Waals surface area (Å²) in [7, 11) is 0. The van der Waals surface area contributed by atoms with Gasteiger partial charge in [0.25, 0.3) is 0 Å². The van der Waals surface area contributed by atoms with Gasteiger partial charge < -0.3 is 10.2 Å². The number of imidazole rings is 1. The molecule has 5 heteroatoms. The van der Waals surface area contributed by atoms with E-state index in [0.29, 0.717) is 6.54 Å². The molecule has 3 heterocycles. The number of hydrogen-bond donors (Lipinski definition) is 1. The first kappa shape index (κ1) is 9.62. The van der Waals surface area contributed by atoms with Crippen molar-refractivity contribution in [2.24, 2.45) is 5.73 Å². The maximum atomic E-state index is 5.76. The van der Waals surface area contributed by atoms with E-state index in [9.17, 15) is 0 Å². The van der Waals surface area contributed by atoms with Crippen LogP contribution in [0.4, 0.5) is 0 Å². The second-order valence-corrected chi connectivity index (χ2v) is 4.40. The third-order valence-electron chi connectivity index (χ3n) is 2.63. The predicted octanol–water partition coefficient (Wildman–Crippen LogP) is 2.42. The SMILES string of the molecule is Cc1nc2scc(-c3ccco3)n2c1CN. The van der Waals surface area contributed by atoms with Gasteiger partial charge in [-0.2, -0.15) is 0 Å². The molecule has 16 heavy (non-hydrogen) atoms. The molecule has 0 amide bonds. The largest absolute Gasteiger partial charge is 0.463 e. The molecule has 0 aliphatic heterocycles. The van der Waals surface area contributed by atoms with E-state index in [4.69, 9.17) is 10.2 Å². The molecule has 0 bridgehead atoms. The van der Waals surface area contributed by atoms with Gasteiger partial charge in [-0.05, 0) is 19.1 Å². The zero-order chi connectivity index (χ0) is 11.1. The lowest BCUT2D eigenvalue weighted by molar-refractivity contribution is 0.579. The van der Waals surface area contributed by atoms with Crippen molar-refractivity contribution in [3.8, 4) is 11.5 Å². The monoisotopic (exact) mass is 233 g/mol. The van der Waals surface area contributed by atoms with Gasteiger partial charge in [0.1, 0.15) is 5.69 Å². The van der Waals surface area contributed by atoms with Crippen LogP contribution in [0.1, 0.15) is 11.4 Å². The molecule has 0 fully saturated rings. The van der Waals surface area contributed by atoms with Crippen LogP contribution in [-0.2, 0) is 6.54 Å². The summed E-state index contributed by atoms with van der Waals surface area (Å²) in [5, 5.41) is 2.04. The number of thiazole rings is 1. The second kappa shape index (κ2) is 3.47. The summed E-state index contributed by atoms with van der Waals surface area (Å²) >= 11 is 1.60. The first-order valence-electron chi connectivity index (χ1n) is 5.00. The molecule has 2 N–H and O–H groups in total. The molecule has 82 valence electrons. The molecule has 0 unspecified atom stereocenters. The number of rotatable bonds is 2. The van der Waals surface area contributed by atoms with Crippen LogP contribution in [-0.4, -0.2) is 9.38 Å². The first-order chi connectivity index (χ1) is 7.81. The summed E-state index contributed by atoms with van der Waals surface area (Å²) in [6.07, 6.45) is 1.67. The highest BCUT2D eigenvalue weighted by molar-refractivity contribution is 7.15. The summed E-state index contributed by atoms with van der Waals surface area (Å²) < 4.78 is 7.48. The maximum absolute atomic E-state index is 5.76. The van der Waals surface area contributed by atoms with E-state index in [2.05, 4.69) is 9.38 Å². The molecule has 0 atom stereocenters. The molecule has 3 aromatic rings. The minimum absolute atomic E-state index is 0.484. The Hall–Kier alpha value is -1.59. The average molecular weight is 233 g/mol. The van der Waals surface area contributed by atoms with Crippen molar-refractivity contribution >= 4 is 16.3 Å². The molecule has 3 rings (SSSR count). The minimum Gasteiger partial charge on any atom is -0.463 e. The zero-order valence-electron chi connectivity index (χ0n) is 8.80. The Labute approximate surface area is 96.3 Å². The lowest BCUT2D eigenvalue weighted by Gasteiger charge is -2.00. The van der Waals surface area contributed by atoms with Crippen LogP contribution in [0.15, 0.2) is 28.2 Å². The maximum Gasteiger partial charge on any atom is 0.194 e. The lowest BCUT2D eigenvalue weighted by atomic mass is 10.3. The highest BCUT2D eigenvalue weighted by Crippen LogP contribution is 2.28. The number of hydrogen-bond acceptors (Lipinski definition) is 4. The Balaban J connectivity index is 2.33. The van der Waals surface area contributed by atoms with Crippen LogP contribution >= 0.6 is 11.3 Å². The van der Waals surface area contributed by atoms with Gasteiger partial charge >= 0.3 is 0 Å². The number of fused-ring (bicyclic) bond motifs is 1. The fraction of sp³-hybridized carbons (Fsp3) is 0.182. The minimum atomic E-state index is 0.484. The molecule has 3 aromatic heterocycles. The van der Waals surface area contributed by atoms with E-state index >= 15 is 0 Å². The Bertz CT molecular complexity index is 621. The van der Waals surface area contributed by atoms with Crippen LogP contribution < -0.4 is 5.73 Å². The summed E-state index contributed by atoms with van der Waals surface area (Å²) in [6.45, 7) is 2.46. The van der Waals surface area contributed by atoms with Crippen molar-refractivity contribution in [1.82, 2.24) is 9.38 Å². The van der Waals surface area contributed by atoms with Crippen LogP contribution in [0.3, 0.4) is 0 Å². The second-order valence-electron chi connectivity index (χ2n) is 3.56. The molecule has 0 spiro atoms. The summed E-state index contributed by atoms with van der Waals surface area (Å²) in [5.74, 6) is 0.846. The molecular weight excluding hydrogens is 222 g/mol. The fourth-order valence-electron chi connectivity index (χ4n) is 1.86. The molecule has 0 aliphatic carbocycles. The van der Waals surface area contributed by atoms with E-state index < -0.39 is 0 Å². The van der Waals surface area contributed by atoms with Gasteiger partial charge in [0.15, 0.2) is 10.7 Å². The Kier molecular flexibility index (Phi) is 2.08. The van der Waals surface area contributed by atoms with Crippen molar-refractivity contribution < 1.29 is 4.42 Å². The van der Waals surface area contributed by atoms with Crippen molar-refractivity contribution in [3.05, 3.63) is 35.2 Å². The van der Waals surface area contributed by atoms with Crippen molar-refractivity contribution in [2.45, 2.75) is 13.5 Å². The van der Waals surface area contributed by atoms with E-state index in [1.54, 1.807) is 17.6 Å². The van der Waals surface area contributed by atoms with Gasteiger partial charge in [0, 0.05) is 11.9 Å². The molecular formula is C11H11N3OS. The van der Waals surface area contributed by atoms with Gasteiger partial charge in [-0.1, -0.05) is 0 Å². The smallest absolute Gasteiger partial charge is 0.194 e. The highest BCUT2D eigenvalue weighted by atomic mass is 32.1. The number of nitrogens with zero attached hydrogens (tertiary/aromatic N) is 2. The average Bonchev–Trinajstić information content (AvgIpc) is 2.91. The summed E-state index contributed by atoms with van der Waals surface area (Å²) in [4.78, 5) is 5.44. The van der Waals surface area contributed by atoms with Crippen LogP contribution in [0.5, 0.6) is 0 Å². The topological polar surface area (TPSA) is 56.5 Å². The quantitative estimate of drug-likeness (QED) is 0.739. The Morgan fingerprint density at radius 2 is 2.44 bits per heavy atom. The van der Waals surface area contributed by atoms with E-state index in [-0.39, 0.29) is 0 Å². The number of furan rings is 1. The Morgan fingerprint density at radius 1 is 1.56 bits per heavy atom. The van der Waals surface area contributed by atoms with E-state index in [1.165, 1.54) is 0 Å². The van der Waals surface area contributed by atoms with Crippen LogP contribution in [0.25, 0.3) is 16.4 Å². The van der Waals surface area contributed by atoms with Crippen LogP contribution in [0.2, 0.25) is 0 Å². The van der Waals surface area contributed by atoms with Gasteiger partial charge in [0.05, 0.1) is 17.7 Å². The highest BCUT2D eigenvalue weighted by Gasteiger charge is 2.15. The van der Waals surface area contributed by atoms with E-state index in [1.807, 2.05) is 24.4 Å². The third-order valence-corrected chi connectivity index (χ3v) is 3.45. The molecule has 4 nitrogen and oxygen atoms in total. The van der Waals surface area contributed by atoms with Crippen molar-refractivity contribution in [3.63, 3.8) is 0 Å². The molecule has 0 saturated heterocycles. The van der Waals surface area contributed by atoms with Gasteiger partial charge in [-0.15, -0.1) is 11.3 Å². The number of nitrogens with two attached hydrogens (primary N) is 1. The normalized spacial score (nSPS) is 11.4. The predicted molar refractivity (Wildman–Crippen MR) is 63.4 cm³/mol.